The molecular weight excluding hydrogens is 289 g/mol. The Bertz CT molecular complexity index is 650. The molecule has 0 radical (unpaired) electrons. The van der Waals surface area contributed by atoms with Gasteiger partial charge >= 0.3 is 0 Å². The number of hydrogen-bond acceptors (Lipinski definition) is 4. The lowest BCUT2D eigenvalue weighted by Gasteiger charge is -2.04. The normalized spacial score (nSPS) is 9.90. The first-order valence-electron chi connectivity index (χ1n) is 6.15. The number of hydrogen-bond donors (Lipinski definition) is 1. The Morgan fingerprint density at radius 2 is 2.05 bits per heavy atom. The zero-order valence-corrected chi connectivity index (χ0v) is 11.9. The molecule has 2 rings (SSSR count). The van der Waals surface area contributed by atoms with Crippen LogP contribution < -0.4 is 5.32 Å². The van der Waals surface area contributed by atoms with E-state index in [9.17, 15) is 9.18 Å². The lowest BCUT2D eigenvalue weighted by atomic mass is 10.2. The van der Waals surface area contributed by atoms with Crippen LogP contribution in [-0.2, 0) is 10.5 Å². The third-order valence-corrected chi connectivity index (χ3v) is 3.58. The van der Waals surface area contributed by atoms with E-state index in [0.717, 1.165) is 11.8 Å². The van der Waals surface area contributed by atoms with Crippen LogP contribution in [0.15, 0.2) is 42.6 Å². The number of carbonyl (C=O) groups excluding carboxylic acids is 1. The van der Waals surface area contributed by atoms with Crippen molar-refractivity contribution in [2.24, 2.45) is 0 Å². The number of thioether (sulfide) groups is 1. The molecule has 0 unspecified atom stereocenters. The first-order chi connectivity index (χ1) is 10.2. The van der Waals surface area contributed by atoms with Crippen LogP contribution >= 0.6 is 11.8 Å². The second kappa shape index (κ2) is 7.41. The SMILES string of the molecule is N#Cc1ccc(CSCC(=O)Nc2ccc(F)cn2)cc1. The molecule has 0 spiro atoms. The van der Waals surface area contributed by atoms with Gasteiger partial charge in [0, 0.05) is 5.75 Å². The Morgan fingerprint density at radius 3 is 2.67 bits per heavy atom. The van der Waals surface area contributed by atoms with Crippen molar-refractivity contribution in [2.75, 3.05) is 11.1 Å². The molecule has 6 heteroatoms. The third kappa shape index (κ3) is 4.89. The van der Waals surface area contributed by atoms with Crippen LogP contribution in [0.5, 0.6) is 0 Å². The Kier molecular flexibility index (Phi) is 5.29. The minimum atomic E-state index is -0.441. The maximum Gasteiger partial charge on any atom is 0.235 e. The van der Waals surface area contributed by atoms with E-state index in [2.05, 4.69) is 16.4 Å². The molecule has 1 aromatic heterocycles. The second-order valence-electron chi connectivity index (χ2n) is 4.21. The van der Waals surface area contributed by atoms with Crippen LogP contribution in [0.2, 0.25) is 0 Å². The Balaban J connectivity index is 1.76. The number of anilines is 1. The fraction of sp³-hybridized carbons (Fsp3) is 0.133. The van der Waals surface area contributed by atoms with Crippen molar-refractivity contribution in [3.8, 4) is 6.07 Å². The molecule has 0 atom stereocenters. The van der Waals surface area contributed by atoms with Gasteiger partial charge < -0.3 is 5.32 Å². The molecule has 0 bridgehead atoms. The topological polar surface area (TPSA) is 65.8 Å². The molecule has 0 saturated carbocycles. The summed E-state index contributed by atoms with van der Waals surface area (Å²) < 4.78 is 12.7. The highest BCUT2D eigenvalue weighted by Crippen LogP contribution is 2.13. The molecule has 1 heterocycles. The number of nitrogens with zero attached hydrogens (tertiary/aromatic N) is 2. The number of nitriles is 1. The predicted molar refractivity (Wildman–Crippen MR) is 80.1 cm³/mol. The van der Waals surface area contributed by atoms with Gasteiger partial charge in [-0.15, -0.1) is 11.8 Å². The van der Waals surface area contributed by atoms with Crippen molar-refractivity contribution >= 4 is 23.5 Å². The summed E-state index contributed by atoms with van der Waals surface area (Å²) in [5, 5.41) is 11.3. The molecule has 1 aromatic carbocycles. The summed E-state index contributed by atoms with van der Waals surface area (Å²) in [5.74, 6) is 0.658. The molecule has 0 aliphatic carbocycles. The van der Waals surface area contributed by atoms with Gasteiger partial charge in [-0.05, 0) is 29.8 Å². The van der Waals surface area contributed by atoms with Crippen molar-refractivity contribution < 1.29 is 9.18 Å². The summed E-state index contributed by atoms with van der Waals surface area (Å²) >= 11 is 1.45. The molecule has 1 N–H and O–H groups in total. The van der Waals surface area contributed by atoms with Gasteiger partial charge in [-0.25, -0.2) is 9.37 Å². The van der Waals surface area contributed by atoms with E-state index in [4.69, 9.17) is 5.26 Å². The largest absolute Gasteiger partial charge is 0.310 e. The fourth-order valence-electron chi connectivity index (χ4n) is 1.57. The number of carbonyl (C=O) groups is 1. The minimum Gasteiger partial charge on any atom is -0.310 e. The highest BCUT2D eigenvalue weighted by atomic mass is 32.2. The van der Waals surface area contributed by atoms with Crippen LogP contribution in [0.4, 0.5) is 10.2 Å². The monoisotopic (exact) mass is 301 g/mol. The van der Waals surface area contributed by atoms with E-state index >= 15 is 0 Å². The summed E-state index contributed by atoms with van der Waals surface area (Å²) in [4.78, 5) is 15.4. The third-order valence-electron chi connectivity index (χ3n) is 2.58. The molecule has 0 fully saturated rings. The zero-order chi connectivity index (χ0) is 15.1. The number of amides is 1. The average Bonchev–Trinajstić information content (AvgIpc) is 2.50. The van der Waals surface area contributed by atoms with Gasteiger partial charge in [-0.1, -0.05) is 12.1 Å². The first kappa shape index (κ1) is 15.0. The Morgan fingerprint density at radius 1 is 1.29 bits per heavy atom. The number of pyridine rings is 1. The lowest BCUT2D eigenvalue weighted by Crippen LogP contribution is -2.15. The van der Waals surface area contributed by atoms with E-state index in [1.54, 1.807) is 12.1 Å². The molecule has 0 aliphatic heterocycles. The molecule has 4 nitrogen and oxygen atoms in total. The standard InChI is InChI=1S/C15H12FN3OS/c16-13-5-6-14(18-8-13)19-15(20)10-21-9-12-3-1-11(7-17)2-4-12/h1-6,8H,9-10H2,(H,18,19,20). The maximum atomic E-state index is 12.7. The van der Waals surface area contributed by atoms with Crippen LogP contribution in [0.25, 0.3) is 0 Å². The number of nitrogens with one attached hydrogen (secondary N) is 1. The molecule has 21 heavy (non-hydrogen) atoms. The van der Waals surface area contributed by atoms with Gasteiger partial charge in [0.25, 0.3) is 0 Å². The second-order valence-corrected chi connectivity index (χ2v) is 5.20. The molecule has 0 aliphatic rings. The summed E-state index contributed by atoms with van der Waals surface area (Å²) in [5.41, 5.74) is 1.66. The highest BCUT2D eigenvalue weighted by Gasteiger charge is 2.04. The van der Waals surface area contributed by atoms with Crippen LogP contribution in [0, 0.1) is 17.1 Å². The minimum absolute atomic E-state index is 0.187. The van der Waals surface area contributed by atoms with Gasteiger partial charge in [0.15, 0.2) is 0 Å². The Labute approximate surface area is 126 Å². The van der Waals surface area contributed by atoms with Crippen molar-refractivity contribution in [2.45, 2.75) is 5.75 Å². The van der Waals surface area contributed by atoms with E-state index < -0.39 is 5.82 Å². The number of benzene rings is 1. The zero-order valence-electron chi connectivity index (χ0n) is 11.0. The smallest absolute Gasteiger partial charge is 0.235 e. The maximum absolute atomic E-state index is 12.7. The number of halogens is 1. The number of aromatic nitrogens is 1. The van der Waals surface area contributed by atoms with Gasteiger partial charge in [0.2, 0.25) is 5.91 Å². The van der Waals surface area contributed by atoms with Gasteiger partial charge in [0.1, 0.15) is 11.6 Å². The summed E-state index contributed by atoms with van der Waals surface area (Å²) in [6, 6.07) is 11.9. The summed E-state index contributed by atoms with van der Waals surface area (Å²) in [7, 11) is 0. The van der Waals surface area contributed by atoms with E-state index in [1.165, 1.54) is 23.9 Å². The molecule has 0 saturated heterocycles. The molecule has 106 valence electrons. The van der Waals surface area contributed by atoms with Crippen molar-refractivity contribution in [3.63, 3.8) is 0 Å². The number of rotatable bonds is 5. The predicted octanol–water partition coefficient (Wildman–Crippen LogP) is 2.96. The van der Waals surface area contributed by atoms with Crippen LogP contribution in [-0.4, -0.2) is 16.6 Å². The van der Waals surface area contributed by atoms with Crippen molar-refractivity contribution in [3.05, 3.63) is 59.5 Å². The average molecular weight is 301 g/mol. The molecule has 1 amide bonds. The van der Waals surface area contributed by atoms with Crippen LogP contribution in [0.1, 0.15) is 11.1 Å². The van der Waals surface area contributed by atoms with Gasteiger partial charge in [-0.3, -0.25) is 4.79 Å². The van der Waals surface area contributed by atoms with Crippen LogP contribution in [0.3, 0.4) is 0 Å². The summed E-state index contributed by atoms with van der Waals surface area (Å²) in [6.07, 6.45) is 1.06. The first-order valence-corrected chi connectivity index (χ1v) is 7.31. The van der Waals surface area contributed by atoms with Gasteiger partial charge in [-0.2, -0.15) is 5.26 Å². The fourth-order valence-corrected chi connectivity index (χ4v) is 2.35. The van der Waals surface area contributed by atoms with E-state index in [-0.39, 0.29) is 11.7 Å². The quantitative estimate of drug-likeness (QED) is 0.922. The van der Waals surface area contributed by atoms with Gasteiger partial charge in [0.05, 0.1) is 23.6 Å². The molecular formula is C15H12FN3OS. The van der Waals surface area contributed by atoms with Crippen molar-refractivity contribution in [1.82, 2.24) is 4.98 Å². The molecule has 2 aromatic rings. The Hall–Kier alpha value is -2.39. The van der Waals surface area contributed by atoms with Crippen molar-refractivity contribution in [1.29, 1.82) is 5.26 Å². The lowest BCUT2D eigenvalue weighted by molar-refractivity contribution is -0.113. The van der Waals surface area contributed by atoms with E-state index in [0.29, 0.717) is 17.1 Å². The highest BCUT2D eigenvalue weighted by molar-refractivity contribution is 7.99. The summed E-state index contributed by atoms with van der Waals surface area (Å²) in [6.45, 7) is 0. The van der Waals surface area contributed by atoms with E-state index in [1.807, 2.05) is 12.1 Å².